The first kappa shape index (κ1) is 18.2. The molecule has 1 aliphatic heterocycles. The van der Waals surface area contributed by atoms with Gasteiger partial charge in [0.1, 0.15) is 0 Å². The molecule has 0 spiro atoms. The average Bonchev–Trinajstić information content (AvgIpc) is 3.46. The van der Waals surface area contributed by atoms with Crippen molar-refractivity contribution in [2.45, 2.75) is 52.0 Å². The SMILES string of the molecule is CC(=O)c1s/c(=N/c2ccc(C(=O)N3CCCCC3)cc2)n(C2CC2)c1C. The van der Waals surface area contributed by atoms with E-state index < -0.39 is 0 Å². The first-order chi connectivity index (χ1) is 13.0. The van der Waals surface area contributed by atoms with Gasteiger partial charge in [-0.15, -0.1) is 0 Å². The quantitative estimate of drug-likeness (QED) is 0.741. The third kappa shape index (κ3) is 3.76. The van der Waals surface area contributed by atoms with Crippen LogP contribution < -0.4 is 4.80 Å². The summed E-state index contributed by atoms with van der Waals surface area (Å²) in [5.41, 5.74) is 2.55. The van der Waals surface area contributed by atoms with Crippen molar-refractivity contribution in [3.63, 3.8) is 0 Å². The third-order valence-electron chi connectivity index (χ3n) is 5.30. The molecule has 2 heterocycles. The number of aromatic nitrogens is 1. The Morgan fingerprint density at radius 1 is 1.07 bits per heavy atom. The van der Waals surface area contributed by atoms with Crippen molar-refractivity contribution in [2.75, 3.05) is 13.1 Å². The molecular formula is C21H25N3O2S. The summed E-state index contributed by atoms with van der Waals surface area (Å²) in [5.74, 6) is 0.205. The predicted molar refractivity (Wildman–Crippen MR) is 107 cm³/mol. The molecule has 2 fully saturated rings. The van der Waals surface area contributed by atoms with Crippen LogP contribution in [0, 0.1) is 6.92 Å². The summed E-state index contributed by atoms with van der Waals surface area (Å²) in [6.07, 6.45) is 5.69. The molecule has 27 heavy (non-hydrogen) atoms. The first-order valence-electron chi connectivity index (χ1n) is 9.71. The minimum atomic E-state index is 0.0934. The molecule has 6 heteroatoms. The van der Waals surface area contributed by atoms with Crippen LogP contribution in [0.1, 0.15) is 70.8 Å². The second kappa shape index (κ2) is 7.43. The van der Waals surface area contributed by atoms with Crippen molar-refractivity contribution in [1.82, 2.24) is 9.47 Å². The van der Waals surface area contributed by atoms with Gasteiger partial charge in [0.15, 0.2) is 10.6 Å². The summed E-state index contributed by atoms with van der Waals surface area (Å²) < 4.78 is 2.20. The fourth-order valence-electron chi connectivity index (χ4n) is 3.70. The Labute approximate surface area is 163 Å². The molecular weight excluding hydrogens is 358 g/mol. The molecule has 142 valence electrons. The fraction of sp³-hybridized carbons (Fsp3) is 0.476. The highest BCUT2D eigenvalue weighted by molar-refractivity contribution is 7.11. The van der Waals surface area contributed by atoms with Gasteiger partial charge in [0.2, 0.25) is 0 Å². The Balaban J connectivity index is 1.62. The lowest BCUT2D eigenvalue weighted by Crippen LogP contribution is -2.35. The molecule has 1 aromatic carbocycles. The number of likely N-dealkylation sites (tertiary alicyclic amines) is 1. The van der Waals surface area contributed by atoms with E-state index in [0.29, 0.717) is 6.04 Å². The van der Waals surface area contributed by atoms with Crippen LogP contribution >= 0.6 is 11.3 Å². The topological polar surface area (TPSA) is 54.7 Å². The van der Waals surface area contributed by atoms with Gasteiger partial charge in [0.25, 0.3) is 5.91 Å². The van der Waals surface area contributed by atoms with Crippen LogP contribution in [0.25, 0.3) is 0 Å². The van der Waals surface area contributed by atoms with Crippen molar-refractivity contribution < 1.29 is 9.59 Å². The van der Waals surface area contributed by atoms with E-state index in [4.69, 9.17) is 4.99 Å². The summed E-state index contributed by atoms with van der Waals surface area (Å²) in [6.45, 7) is 5.33. The second-order valence-electron chi connectivity index (χ2n) is 7.47. The second-order valence-corrected chi connectivity index (χ2v) is 8.45. The molecule has 4 rings (SSSR count). The van der Waals surface area contributed by atoms with E-state index >= 15 is 0 Å². The lowest BCUT2D eigenvalue weighted by molar-refractivity contribution is 0.0724. The Morgan fingerprint density at radius 3 is 2.33 bits per heavy atom. The average molecular weight is 384 g/mol. The van der Waals surface area contributed by atoms with E-state index in [1.807, 2.05) is 36.1 Å². The van der Waals surface area contributed by atoms with Gasteiger partial charge in [-0.3, -0.25) is 9.59 Å². The lowest BCUT2D eigenvalue weighted by Gasteiger charge is -2.26. The number of carbonyl (C=O) groups excluding carboxylic acids is 2. The maximum absolute atomic E-state index is 12.6. The first-order valence-corrected chi connectivity index (χ1v) is 10.5. The van der Waals surface area contributed by atoms with Crippen LogP contribution in [-0.4, -0.2) is 34.2 Å². The number of hydrogen-bond acceptors (Lipinski definition) is 4. The molecule has 2 aliphatic rings. The van der Waals surface area contributed by atoms with E-state index in [1.54, 1.807) is 6.92 Å². The van der Waals surface area contributed by atoms with Gasteiger partial charge >= 0.3 is 0 Å². The van der Waals surface area contributed by atoms with Gasteiger partial charge in [-0.2, -0.15) is 0 Å². The zero-order valence-corrected chi connectivity index (χ0v) is 16.7. The summed E-state index contributed by atoms with van der Waals surface area (Å²) in [7, 11) is 0. The van der Waals surface area contributed by atoms with Gasteiger partial charge in [0.05, 0.1) is 10.6 Å². The highest BCUT2D eigenvalue weighted by atomic mass is 32.1. The smallest absolute Gasteiger partial charge is 0.253 e. The van der Waals surface area contributed by atoms with Crippen LogP contribution in [0.15, 0.2) is 29.3 Å². The van der Waals surface area contributed by atoms with Gasteiger partial charge in [-0.05, 0) is 63.3 Å². The van der Waals surface area contributed by atoms with Gasteiger partial charge < -0.3 is 9.47 Å². The minimum absolute atomic E-state index is 0.0934. The number of thiazole rings is 1. The Morgan fingerprint density at radius 2 is 1.74 bits per heavy atom. The van der Waals surface area contributed by atoms with Gasteiger partial charge in [-0.1, -0.05) is 11.3 Å². The molecule has 0 radical (unpaired) electrons. The van der Waals surface area contributed by atoms with Crippen LogP contribution in [0.5, 0.6) is 0 Å². The number of hydrogen-bond donors (Lipinski definition) is 0. The standard InChI is InChI=1S/C21H25N3O2S/c1-14-19(15(2)25)27-21(24(14)18-10-11-18)22-17-8-6-16(7-9-17)20(26)23-12-4-3-5-13-23/h6-9,18H,3-5,10-13H2,1-2H3/b22-21+. The molecule has 0 unspecified atom stereocenters. The molecule has 0 bridgehead atoms. The van der Waals surface area contributed by atoms with E-state index in [-0.39, 0.29) is 11.7 Å². The molecule has 0 N–H and O–H groups in total. The Kier molecular flexibility index (Phi) is 5.00. The molecule has 5 nitrogen and oxygen atoms in total. The number of ketones is 1. The number of carbonyl (C=O) groups is 2. The predicted octanol–water partition coefficient (Wildman–Crippen LogP) is 4.25. The molecule has 1 saturated heterocycles. The summed E-state index contributed by atoms with van der Waals surface area (Å²) in [6, 6.07) is 7.99. The highest BCUT2D eigenvalue weighted by Gasteiger charge is 2.28. The summed E-state index contributed by atoms with van der Waals surface area (Å²) >= 11 is 1.46. The van der Waals surface area contributed by atoms with Crippen molar-refractivity contribution in [3.05, 3.63) is 45.2 Å². The van der Waals surface area contributed by atoms with Crippen LogP contribution in [0.2, 0.25) is 0 Å². The number of rotatable bonds is 4. The minimum Gasteiger partial charge on any atom is -0.339 e. The number of piperidine rings is 1. The molecule has 1 aromatic heterocycles. The van der Waals surface area contributed by atoms with Crippen LogP contribution in [-0.2, 0) is 0 Å². The van der Waals surface area contributed by atoms with E-state index in [9.17, 15) is 9.59 Å². The molecule has 1 amide bonds. The maximum Gasteiger partial charge on any atom is 0.253 e. The summed E-state index contributed by atoms with van der Waals surface area (Å²) in [4.78, 5) is 32.9. The third-order valence-corrected chi connectivity index (χ3v) is 6.56. The van der Waals surface area contributed by atoms with Crippen LogP contribution in [0.4, 0.5) is 5.69 Å². The highest BCUT2D eigenvalue weighted by Crippen LogP contribution is 2.36. The fourth-order valence-corrected chi connectivity index (χ4v) is 4.81. The molecule has 1 saturated carbocycles. The van der Waals surface area contributed by atoms with Crippen LogP contribution in [0.3, 0.4) is 0 Å². The van der Waals surface area contributed by atoms with E-state index in [1.165, 1.54) is 17.8 Å². The lowest BCUT2D eigenvalue weighted by atomic mass is 10.1. The number of nitrogens with zero attached hydrogens (tertiary/aromatic N) is 3. The molecule has 0 atom stereocenters. The van der Waals surface area contributed by atoms with E-state index in [2.05, 4.69) is 4.57 Å². The normalized spacial score (nSPS) is 18.0. The van der Waals surface area contributed by atoms with Crippen molar-refractivity contribution in [1.29, 1.82) is 0 Å². The number of benzene rings is 1. The van der Waals surface area contributed by atoms with Gasteiger partial charge in [0, 0.05) is 37.3 Å². The van der Waals surface area contributed by atoms with Gasteiger partial charge in [-0.25, -0.2) is 4.99 Å². The zero-order valence-electron chi connectivity index (χ0n) is 15.9. The monoisotopic (exact) mass is 383 g/mol. The van der Waals surface area contributed by atoms with E-state index in [0.717, 1.165) is 65.4 Å². The number of amides is 1. The summed E-state index contributed by atoms with van der Waals surface area (Å²) in [5, 5.41) is 0. The number of Topliss-reactive ketones (excluding diaryl/α,β-unsaturated/α-hetero) is 1. The Bertz CT molecular complexity index is 929. The largest absolute Gasteiger partial charge is 0.339 e. The maximum atomic E-state index is 12.6. The zero-order chi connectivity index (χ0) is 19.0. The molecule has 2 aromatic rings. The van der Waals surface area contributed by atoms with Crippen molar-refractivity contribution >= 4 is 28.7 Å². The van der Waals surface area contributed by atoms with Crippen molar-refractivity contribution in [2.24, 2.45) is 4.99 Å². The van der Waals surface area contributed by atoms with Crippen molar-refractivity contribution in [3.8, 4) is 0 Å². The molecule has 1 aliphatic carbocycles. The Hall–Kier alpha value is -2.21.